The third-order valence-electron chi connectivity index (χ3n) is 4.43. The van der Waals surface area contributed by atoms with Crippen molar-refractivity contribution in [1.82, 2.24) is 14.9 Å². The van der Waals surface area contributed by atoms with Crippen LogP contribution < -0.4 is 20.7 Å². The molecule has 9 heteroatoms. The van der Waals surface area contributed by atoms with E-state index in [1.165, 1.54) is 12.3 Å². The zero-order valence-corrected chi connectivity index (χ0v) is 18.5. The first-order valence-electron chi connectivity index (χ1n) is 10.2. The molecule has 0 saturated heterocycles. The molecule has 1 aromatic heterocycles. The van der Waals surface area contributed by atoms with Crippen LogP contribution in [0.3, 0.4) is 0 Å². The summed E-state index contributed by atoms with van der Waals surface area (Å²) in [7, 11) is 3.93. The topological polar surface area (TPSA) is 115 Å². The van der Waals surface area contributed by atoms with Crippen LogP contribution in [0.2, 0.25) is 0 Å². The average Bonchev–Trinajstić information content (AvgIpc) is 2.81. The SMILES string of the molecule is C=CC(=O)Nc1cc(OCCN(C)C)ccc1Nc1ncc(C#N)c(Nc2ccccc2)n1. The molecule has 0 radical (unpaired) electrons. The summed E-state index contributed by atoms with van der Waals surface area (Å²) in [6.07, 6.45) is 2.62. The molecule has 1 amide bonds. The third kappa shape index (κ3) is 6.78. The fraction of sp³-hybridized carbons (Fsp3) is 0.167. The van der Waals surface area contributed by atoms with Gasteiger partial charge in [-0.3, -0.25) is 4.79 Å². The van der Waals surface area contributed by atoms with Gasteiger partial charge in [0.2, 0.25) is 11.9 Å². The Morgan fingerprint density at radius 2 is 1.97 bits per heavy atom. The lowest BCUT2D eigenvalue weighted by Gasteiger charge is -2.16. The van der Waals surface area contributed by atoms with E-state index < -0.39 is 0 Å². The van der Waals surface area contributed by atoms with Crippen LogP contribution in [0.1, 0.15) is 5.56 Å². The molecule has 2 aromatic carbocycles. The number of nitriles is 1. The van der Waals surface area contributed by atoms with Crippen LogP contribution >= 0.6 is 0 Å². The van der Waals surface area contributed by atoms with E-state index in [0.29, 0.717) is 35.1 Å². The molecule has 0 bridgehead atoms. The maximum absolute atomic E-state index is 12.0. The molecule has 0 unspecified atom stereocenters. The number of rotatable bonds is 10. The molecule has 168 valence electrons. The van der Waals surface area contributed by atoms with Crippen molar-refractivity contribution in [2.45, 2.75) is 0 Å². The minimum Gasteiger partial charge on any atom is -0.492 e. The normalized spacial score (nSPS) is 10.2. The highest BCUT2D eigenvalue weighted by atomic mass is 16.5. The van der Waals surface area contributed by atoms with Crippen molar-refractivity contribution < 1.29 is 9.53 Å². The van der Waals surface area contributed by atoms with Gasteiger partial charge in [0.05, 0.1) is 17.6 Å². The third-order valence-corrected chi connectivity index (χ3v) is 4.43. The number of amides is 1. The summed E-state index contributed by atoms with van der Waals surface area (Å²) in [5.74, 6) is 0.855. The van der Waals surface area contributed by atoms with Gasteiger partial charge in [0, 0.05) is 18.3 Å². The second-order valence-corrected chi connectivity index (χ2v) is 7.24. The Bertz CT molecular complexity index is 1160. The first-order chi connectivity index (χ1) is 16.0. The van der Waals surface area contributed by atoms with Gasteiger partial charge in [-0.05, 0) is 44.4 Å². The van der Waals surface area contributed by atoms with Crippen LogP contribution in [0.5, 0.6) is 5.75 Å². The summed E-state index contributed by atoms with van der Waals surface area (Å²) in [6.45, 7) is 4.76. The number of nitrogens with zero attached hydrogens (tertiary/aromatic N) is 4. The first kappa shape index (κ1) is 23.2. The van der Waals surface area contributed by atoms with Crippen molar-refractivity contribution in [3.8, 4) is 11.8 Å². The number of nitrogens with one attached hydrogen (secondary N) is 3. The van der Waals surface area contributed by atoms with Crippen molar-refractivity contribution in [2.75, 3.05) is 43.2 Å². The second kappa shape index (κ2) is 11.3. The lowest BCUT2D eigenvalue weighted by atomic mass is 10.2. The molecule has 33 heavy (non-hydrogen) atoms. The summed E-state index contributed by atoms with van der Waals surface area (Å²) in [4.78, 5) is 22.6. The molecule has 1 heterocycles. The second-order valence-electron chi connectivity index (χ2n) is 7.24. The summed E-state index contributed by atoms with van der Waals surface area (Å²) in [5.41, 5.74) is 2.12. The van der Waals surface area contributed by atoms with Gasteiger partial charge in [0.15, 0.2) is 5.82 Å². The van der Waals surface area contributed by atoms with E-state index in [9.17, 15) is 10.1 Å². The van der Waals surface area contributed by atoms with Crippen molar-refractivity contribution in [3.05, 3.63) is 72.9 Å². The monoisotopic (exact) mass is 443 g/mol. The van der Waals surface area contributed by atoms with Crippen LogP contribution in [-0.4, -0.2) is 48.0 Å². The average molecular weight is 444 g/mol. The van der Waals surface area contributed by atoms with Crippen molar-refractivity contribution in [2.24, 2.45) is 0 Å². The van der Waals surface area contributed by atoms with Gasteiger partial charge in [-0.1, -0.05) is 24.8 Å². The highest BCUT2D eigenvalue weighted by Gasteiger charge is 2.12. The fourth-order valence-electron chi connectivity index (χ4n) is 2.75. The molecule has 0 atom stereocenters. The maximum Gasteiger partial charge on any atom is 0.247 e. The minimum absolute atomic E-state index is 0.253. The lowest BCUT2D eigenvalue weighted by molar-refractivity contribution is -0.111. The quantitative estimate of drug-likeness (QED) is 0.404. The molecule has 9 nitrogen and oxygen atoms in total. The predicted molar refractivity (Wildman–Crippen MR) is 129 cm³/mol. The Balaban J connectivity index is 1.86. The van der Waals surface area contributed by atoms with Crippen LogP contribution in [0.4, 0.5) is 28.8 Å². The van der Waals surface area contributed by atoms with Gasteiger partial charge in [-0.2, -0.15) is 10.2 Å². The number of aromatic nitrogens is 2. The zero-order valence-electron chi connectivity index (χ0n) is 18.5. The van der Waals surface area contributed by atoms with Crippen molar-refractivity contribution in [3.63, 3.8) is 0 Å². The Hall–Kier alpha value is -4.42. The van der Waals surface area contributed by atoms with Crippen molar-refractivity contribution >= 4 is 34.7 Å². The first-order valence-corrected chi connectivity index (χ1v) is 10.2. The molecule has 0 spiro atoms. The van der Waals surface area contributed by atoms with E-state index in [1.807, 2.05) is 49.3 Å². The van der Waals surface area contributed by atoms with Gasteiger partial charge < -0.3 is 25.6 Å². The molecule has 3 rings (SSSR count). The number of hydrogen-bond donors (Lipinski definition) is 3. The Labute approximate surface area is 192 Å². The van der Waals surface area contributed by atoms with Crippen LogP contribution in [-0.2, 0) is 4.79 Å². The van der Waals surface area contributed by atoms with E-state index in [0.717, 1.165) is 12.2 Å². The highest BCUT2D eigenvalue weighted by Crippen LogP contribution is 2.30. The molecule has 3 N–H and O–H groups in total. The fourth-order valence-corrected chi connectivity index (χ4v) is 2.75. The number of para-hydroxylation sites is 1. The van der Waals surface area contributed by atoms with Gasteiger partial charge in [0.1, 0.15) is 24.0 Å². The zero-order chi connectivity index (χ0) is 23.6. The number of likely N-dealkylation sites (N-methyl/N-ethyl adjacent to an activating group) is 1. The van der Waals surface area contributed by atoms with Gasteiger partial charge in [-0.15, -0.1) is 0 Å². The predicted octanol–water partition coefficient (Wildman–Crippen LogP) is 3.90. The molecular weight excluding hydrogens is 418 g/mol. The lowest BCUT2D eigenvalue weighted by Crippen LogP contribution is -2.19. The number of hydrogen-bond acceptors (Lipinski definition) is 8. The molecule has 0 saturated carbocycles. The molecule has 0 aliphatic heterocycles. The summed E-state index contributed by atoms with van der Waals surface area (Å²) in [5, 5.41) is 18.4. The van der Waals surface area contributed by atoms with Gasteiger partial charge in [-0.25, -0.2) is 4.98 Å². The van der Waals surface area contributed by atoms with Crippen molar-refractivity contribution in [1.29, 1.82) is 5.26 Å². The molecule has 3 aromatic rings. The minimum atomic E-state index is -0.365. The Kier molecular flexibility index (Phi) is 7.94. The van der Waals surface area contributed by atoms with Gasteiger partial charge in [0.25, 0.3) is 0 Å². The smallest absolute Gasteiger partial charge is 0.247 e. The molecule has 0 fully saturated rings. The van der Waals surface area contributed by atoms with Crippen LogP contribution in [0.25, 0.3) is 0 Å². The van der Waals surface area contributed by atoms with E-state index in [2.05, 4.69) is 38.6 Å². The van der Waals surface area contributed by atoms with E-state index >= 15 is 0 Å². The standard InChI is InChI=1S/C24H25N7O2/c1-4-22(32)28-21-14-19(33-13-12-31(2)3)10-11-20(21)29-24-26-16-17(15-25)23(30-24)27-18-8-6-5-7-9-18/h4-11,14,16H,1,12-13H2,2-3H3,(H,28,32)(H2,26,27,29,30). The van der Waals surface area contributed by atoms with Gasteiger partial charge >= 0.3 is 0 Å². The van der Waals surface area contributed by atoms with Crippen LogP contribution in [0, 0.1) is 11.3 Å². The molecule has 0 aliphatic carbocycles. The maximum atomic E-state index is 12.0. The number of carbonyl (C=O) groups excluding carboxylic acids is 1. The number of carbonyl (C=O) groups is 1. The molecular formula is C24H25N7O2. The van der Waals surface area contributed by atoms with Crippen LogP contribution in [0.15, 0.2) is 67.4 Å². The number of benzene rings is 2. The van der Waals surface area contributed by atoms with E-state index in [-0.39, 0.29) is 11.9 Å². The van der Waals surface area contributed by atoms with E-state index in [4.69, 9.17) is 4.74 Å². The summed E-state index contributed by atoms with van der Waals surface area (Å²) >= 11 is 0. The Morgan fingerprint density at radius 3 is 2.67 bits per heavy atom. The largest absolute Gasteiger partial charge is 0.492 e. The highest BCUT2D eigenvalue weighted by molar-refractivity contribution is 6.01. The number of ether oxygens (including phenoxy) is 1. The molecule has 0 aliphatic rings. The Morgan fingerprint density at radius 1 is 1.18 bits per heavy atom. The number of anilines is 5. The summed E-state index contributed by atoms with van der Waals surface area (Å²) < 4.78 is 5.77. The summed E-state index contributed by atoms with van der Waals surface area (Å²) in [6, 6.07) is 16.7. The van der Waals surface area contributed by atoms with E-state index in [1.54, 1.807) is 18.2 Å².